The monoisotopic (exact) mass is 206 g/mol. The predicted octanol–water partition coefficient (Wildman–Crippen LogP) is -7.66. The summed E-state index contributed by atoms with van der Waals surface area (Å²) in [5.41, 5.74) is 0. The van der Waals surface area contributed by atoms with Gasteiger partial charge in [0.05, 0.1) is 0 Å². The molecule has 12 heavy (non-hydrogen) atoms. The molecule has 0 atom stereocenters. The third-order valence-electron chi connectivity index (χ3n) is 0.454. The average Bonchev–Trinajstić information content (AvgIpc) is 1.59. The van der Waals surface area contributed by atoms with Crippen LogP contribution in [0.25, 0.3) is 0 Å². The molecule has 0 saturated heterocycles. The molecule has 0 aromatic carbocycles. The van der Waals surface area contributed by atoms with E-state index in [1.54, 1.807) is 0 Å². The first-order chi connectivity index (χ1) is 4.15. The molecule has 0 radical (unpaired) electrons. The van der Waals surface area contributed by atoms with E-state index in [-0.39, 0.29) is 37.7 Å². The van der Waals surface area contributed by atoms with Gasteiger partial charge >= 0.3 is 37.7 Å². The standard InChI is InChI=1S/CH3FO6S2.2Li/c2-1(9(3,4)5)10(6,7)8;;/h1H,(H,3,4,5)(H,6,7,8);;/q;2*+1/p-2. The minimum atomic E-state index is -5.68. The van der Waals surface area contributed by atoms with Crippen LogP contribution in [0.2, 0.25) is 0 Å². The topological polar surface area (TPSA) is 114 Å². The summed E-state index contributed by atoms with van der Waals surface area (Å²) in [7, 11) is -11.4. The van der Waals surface area contributed by atoms with Gasteiger partial charge in [0, 0.05) is 0 Å². The van der Waals surface area contributed by atoms with Gasteiger partial charge in [-0.05, 0) is 0 Å². The van der Waals surface area contributed by atoms with Crippen LogP contribution < -0.4 is 37.7 Å². The van der Waals surface area contributed by atoms with E-state index >= 15 is 0 Å². The molecule has 0 saturated carbocycles. The maximum atomic E-state index is 11.6. The third kappa shape index (κ3) is 6.46. The first kappa shape index (κ1) is 18.7. The Kier molecular flexibility index (Phi) is 8.76. The summed E-state index contributed by atoms with van der Waals surface area (Å²) >= 11 is 0. The minimum absolute atomic E-state index is 0. The molecule has 0 aromatic rings. The van der Waals surface area contributed by atoms with Gasteiger partial charge in [0.15, 0.2) is 0 Å². The molecule has 0 unspecified atom stereocenters. The van der Waals surface area contributed by atoms with Crippen molar-refractivity contribution in [3.05, 3.63) is 0 Å². The molecule has 0 bridgehead atoms. The number of alkyl halides is 1. The Balaban J connectivity index is -0.000000405. The second-order valence-electron chi connectivity index (χ2n) is 1.26. The van der Waals surface area contributed by atoms with Gasteiger partial charge in [0.1, 0.15) is 20.2 Å². The van der Waals surface area contributed by atoms with Crippen molar-refractivity contribution in [3.8, 4) is 0 Å². The van der Waals surface area contributed by atoms with Gasteiger partial charge in [0.25, 0.3) is 4.84 Å². The summed E-state index contributed by atoms with van der Waals surface area (Å²) in [4.78, 5) is -3.90. The quantitative estimate of drug-likeness (QED) is 0.327. The van der Waals surface area contributed by atoms with E-state index in [2.05, 4.69) is 0 Å². The summed E-state index contributed by atoms with van der Waals surface area (Å²) in [6.07, 6.45) is 0. The molecule has 0 spiro atoms. The fraction of sp³-hybridized carbons (Fsp3) is 1.00. The Morgan fingerprint density at radius 1 is 0.917 bits per heavy atom. The Labute approximate surface area is 92.8 Å². The van der Waals surface area contributed by atoms with Gasteiger partial charge in [-0.3, -0.25) is 0 Å². The fourth-order valence-electron chi connectivity index (χ4n) is 0.144. The third-order valence-corrected chi connectivity index (χ3v) is 2.78. The SMILES string of the molecule is O=S(=O)([O-])C(F)S(=O)(=O)[O-].[Li+].[Li+]. The summed E-state index contributed by atoms with van der Waals surface area (Å²) in [5.74, 6) is 0. The maximum absolute atomic E-state index is 11.6. The van der Waals surface area contributed by atoms with Crippen LogP contribution in [-0.4, -0.2) is 30.8 Å². The summed E-state index contributed by atoms with van der Waals surface area (Å²) in [5, 5.41) is 0. The van der Waals surface area contributed by atoms with E-state index in [4.69, 9.17) is 0 Å². The zero-order chi connectivity index (χ0) is 8.58. The Morgan fingerprint density at radius 2 is 1.08 bits per heavy atom. The minimum Gasteiger partial charge on any atom is -0.745 e. The molecule has 6 nitrogen and oxygen atoms in total. The molecule has 0 amide bonds. The first-order valence-corrected chi connectivity index (χ1v) is 4.63. The zero-order valence-corrected chi connectivity index (χ0v) is 7.85. The Morgan fingerprint density at radius 3 is 1.08 bits per heavy atom. The van der Waals surface area contributed by atoms with Crippen molar-refractivity contribution in [1.29, 1.82) is 0 Å². The molecule has 0 heterocycles. The molecule has 11 heteroatoms. The van der Waals surface area contributed by atoms with Crippen molar-refractivity contribution in [2.45, 2.75) is 4.84 Å². The number of hydrogen-bond donors (Lipinski definition) is 0. The summed E-state index contributed by atoms with van der Waals surface area (Å²) in [6, 6.07) is 0. The molecule has 62 valence electrons. The average molecular weight is 206 g/mol. The van der Waals surface area contributed by atoms with E-state index < -0.39 is 25.1 Å². The molecule has 0 aromatic heterocycles. The van der Waals surface area contributed by atoms with Gasteiger partial charge in [-0.15, -0.1) is 0 Å². The van der Waals surface area contributed by atoms with Crippen LogP contribution in [0, 0.1) is 0 Å². The zero-order valence-electron chi connectivity index (χ0n) is 6.22. The fourth-order valence-corrected chi connectivity index (χ4v) is 1.30. The van der Waals surface area contributed by atoms with E-state index in [0.717, 1.165) is 0 Å². The van der Waals surface area contributed by atoms with Crippen LogP contribution in [0.5, 0.6) is 0 Å². The molecule has 0 fully saturated rings. The van der Waals surface area contributed by atoms with Crippen molar-refractivity contribution in [2.24, 2.45) is 0 Å². The van der Waals surface area contributed by atoms with E-state index in [0.29, 0.717) is 0 Å². The number of halogens is 1. The molecule has 0 aliphatic carbocycles. The van der Waals surface area contributed by atoms with Crippen LogP contribution in [0.3, 0.4) is 0 Å². The van der Waals surface area contributed by atoms with Gasteiger partial charge < -0.3 is 9.11 Å². The van der Waals surface area contributed by atoms with Gasteiger partial charge in [0.2, 0.25) is 0 Å². The second kappa shape index (κ2) is 5.63. The van der Waals surface area contributed by atoms with E-state index in [1.807, 2.05) is 0 Å². The number of rotatable bonds is 2. The number of hydrogen-bond acceptors (Lipinski definition) is 6. The molecule has 0 aliphatic heterocycles. The van der Waals surface area contributed by atoms with Crippen molar-refractivity contribution in [2.75, 3.05) is 0 Å². The van der Waals surface area contributed by atoms with Crippen LogP contribution in [-0.2, 0) is 20.2 Å². The molecular formula is CHFLi2O6S2. The maximum Gasteiger partial charge on any atom is 1.00 e. The van der Waals surface area contributed by atoms with Crippen molar-refractivity contribution in [3.63, 3.8) is 0 Å². The molecular weight excluding hydrogens is 205 g/mol. The molecule has 0 rings (SSSR count). The van der Waals surface area contributed by atoms with Crippen LogP contribution in [0.1, 0.15) is 0 Å². The normalized spacial score (nSPS) is 11.7. The van der Waals surface area contributed by atoms with Crippen LogP contribution in [0.4, 0.5) is 4.39 Å². The van der Waals surface area contributed by atoms with Crippen molar-refractivity contribution < 1.29 is 68.1 Å². The van der Waals surface area contributed by atoms with Crippen LogP contribution >= 0.6 is 0 Å². The first-order valence-electron chi connectivity index (χ1n) is 1.69. The van der Waals surface area contributed by atoms with E-state index in [9.17, 15) is 30.3 Å². The largest absolute Gasteiger partial charge is 1.00 e. The van der Waals surface area contributed by atoms with Crippen molar-refractivity contribution in [1.82, 2.24) is 0 Å². The Bertz CT molecular complexity index is 272. The van der Waals surface area contributed by atoms with E-state index in [1.165, 1.54) is 0 Å². The van der Waals surface area contributed by atoms with Gasteiger partial charge in [-0.25, -0.2) is 21.2 Å². The van der Waals surface area contributed by atoms with Gasteiger partial charge in [-0.1, -0.05) is 0 Å². The smallest absolute Gasteiger partial charge is 0.745 e. The predicted molar refractivity (Wildman–Crippen MR) is 24.3 cm³/mol. The molecule has 0 N–H and O–H groups in total. The van der Waals surface area contributed by atoms with Crippen molar-refractivity contribution >= 4 is 20.2 Å². The van der Waals surface area contributed by atoms with Gasteiger partial charge in [-0.2, -0.15) is 0 Å². The summed E-state index contributed by atoms with van der Waals surface area (Å²) in [6.45, 7) is 0. The summed E-state index contributed by atoms with van der Waals surface area (Å²) < 4.78 is 68.4. The van der Waals surface area contributed by atoms with Crippen LogP contribution in [0.15, 0.2) is 0 Å². The molecule has 0 aliphatic rings. The second-order valence-corrected chi connectivity index (χ2v) is 4.36. The Hall–Kier alpha value is 0.945.